The molecule has 272 valence electrons. The summed E-state index contributed by atoms with van der Waals surface area (Å²) in [7, 11) is 1.67. The molecule has 0 amide bonds. The van der Waals surface area contributed by atoms with Gasteiger partial charge in [0.05, 0.1) is 26.4 Å². The summed E-state index contributed by atoms with van der Waals surface area (Å²) in [4.78, 5) is 0. The van der Waals surface area contributed by atoms with Crippen molar-refractivity contribution in [2.45, 2.75) is 187 Å². The van der Waals surface area contributed by atoms with Gasteiger partial charge in [0.25, 0.3) is 0 Å². The van der Waals surface area contributed by atoms with Crippen molar-refractivity contribution in [1.82, 2.24) is 5.32 Å². The van der Waals surface area contributed by atoms with E-state index in [1.54, 1.807) is 7.11 Å². The Bertz CT molecular complexity index is 526. The third-order valence-corrected chi connectivity index (χ3v) is 8.45. The summed E-state index contributed by atoms with van der Waals surface area (Å²) in [6, 6.07) is 0. The first-order valence-electron chi connectivity index (χ1n) is 19.5. The zero-order valence-corrected chi connectivity index (χ0v) is 30.5. The van der Waals surface area contributed by atoms with E-state index in [4.69, 9.17) is 23.7 Å². The molecule has 0 rings (SSSR count). The first-order chi connectivity index (χ1) is 22.2. The third-order valence-electron chi connectivity index (χ3n) is 8.45. The quantitative estimate of drug-likeness (QED) is 0.0507. The fourth-order valence-corrected chi connectivity index (χ4v) is 5.50. The number of aliphatic hydroxyl groups excluding tert-OH is 1. The summed E-state index contributed by atoms with van der Waals surface area (Å²) < 4.78 is 28.2. The second kappa shape index (κ2) is 39.9. The summed E-state index contributed by atoms with van der Waals surface area (Å²) in [5, 5.41) is 13.2. The predicted octanol–water partition coefficient (Wildman–Crippen LogP) is 9.73. The highest BCUT2D eigenvalue weighted by Crippen LogP contribution is 2.13. The van der Waals surface area contributed by atoms with Gasteiger partial charge in [-0.1, -0.05) is 155 Å². The molecule has 0 aromatic rings. The van der Waals surface area contributed by atoms with Crippen molar-refractivity contribution < 1.29 is 28.8 Å². The average molecular weight is 646 g/mol. The van der Waals surface area contributed by atoms with Crippen LogP contribution in [0.4, 0.5) is 0 Å². The van der Waals surface area contributed by atoms with Crippen molar-refractivity contribution in [2.75, 3.05) is 59.9 Å². The maximum atomic E-state index is 10.2. The van der Waals surface area contributed by atoms with Gasteiger partial charge in [0.2, 0.25) is 6.41 Å². The van der Waals surface area contributed by atoms with Crippen LogP contribution in [-0.4, -0.2) is 77.5 Å². The van der Waals surface area contributed by atoms with Crippen LogP contribution in [0.2, 0.25) is 0 Å². The van der Waals surface area contributed by atoms with E-state index in [-0.39, 0.29) is 6.10 Å². The van der Waals surface area contributed by atoms with Gasteiger partial charge in [-0.25, -0.2) is 0 Å². The van der Waals surface area contributed by atoms with E-state index in [1.807, 2.05) is 0 Å². The van der Waals surface area contributed by atoms with Gasteiger partial charge in [-0.05, 0) is 19.3 Å². The van der Waals surface area contributed by atoms with Crippen LogP contribution in [0.1, 0.15) is 174 Å². The van der Waals surface area contributed by atoms with Crippen molar-refractivity contribution in [2.24, 2.45) is 0 Å². The minimum Gasteiger partial charge on any atom is -0.382 e. The standard InChI is InChI=1S/C38H79NO6/c1-4-6-8-10-12-14-16-18-20-22-24-26-30-43-35-37(36-45-38(40)39-29-28-31-42-34-33-41-3)44-32-27-25-23-21-19-17-15-13-11-9-7-5-2/h37-40H,4-36H2,1-3H3. The van der Waals surface area contributed by atoms with Crippen LogP contribution < -0.4 is 5.32 Å². The molecule has 0 aliphatic carbocycles. The van der Waals surface area contributed by atoms with Crippen molar-refractivity contribution >= 4 is 0 Å². The highest BCUT2D eigenvalue weighted by molar-refractivity contribution is 4.58. The molecule has 0 saturated heterocycles. The van der Waals surface area contributed by atoms with Crippen LogP contribution in [0, 0.1) is 0 Å². The zero-order valence-electron chi connectivity index (χ0n) is 30.5. The van der Waals surface area contributed by atoms with Crippen molar-refractivity contribution in [3.05, 3.63) is 0 Å². The highest BCUT2D eigenvalue weighted by atomic mass is 16.6. The Kier molecular flexibility index (Phi) is 39.6. The topological polar surface area (TPSA) is 78.4 Å². The molecule has 0 heterocycles. The number of hydrogen-bond donors (Lipinski definition) is 2. The number of rotatable bonds is 40. The van der Waals surface area contributed by atoms with Crippen LogP contribution in [0.25, 0.3) is 0 Å². The van der Waals surface area contributed by atoms with Crippen LogP contribution in [0.15, 0.2) is 0 Å². The molecule has 2 unspecified atom stereocenters. The fraction of sp³-hybridized carbons (Fsp3) is 1.00. The molecule has 2 atom stereocenters. The molecule has 45 heavy (non-hydrogen) atoms. The Morgan fingerprint density at radius 1 is 0.444 bits per heavy atom. The van der Waals surface area contributed by atoms with Gasteiger partial charge in [0, 0.05) is 33.5 Å². The molecule has 0 aromatic heterocycles. The number of hydrogen-bond acceptors (Lipinski definition) is 7. The van der Waals surface area contributed by atoms with Crippen LogP contribution in [-0.2, 0) is 23.7 Å². The van der Waals surface area contributed by atoms with Crippen LogP contribution in [0.3, 0.4) is 0 Å². The minimum absolute atomic E-state index is 0.163. The lowest BCUT2D eigenvalue weighted by Gasteiger charge is -2.21. The van der Waals surface area contributed by atoms with Gasteiger partial charge in [-0.2, -0.15) is 0 Å². The minimum atomic E-state index is -1.02. The number of ether oxygens (including phenoxy) is 5. The van der Waals surface area contributed by atoms with Crippen LogP contribution >= 0.6 is 0 Å². The van der Waals surface area contributed by atoms with Gasteiger partial charge in [-0.3, -0.25) is 5.32 Å². The van der Waals surface area contributed by atoms with Gasteiger partial charge >= 0.3 is 0 Å². The van der Waals surface area contributed by atoms with E-state index in [1.165, 1.54) is 141 Å². The van der Waals surface area contributed by atoms with Crippen LogP contribution in [0.5, 0.6) is 0 Å². The van der Waals surface area contributed by atoms with Crippen molar-refractivity contribution in [3.63, 3.8) is 0 Å². The van der Waals surface area contributed by atoms with E-state index in [0.29, 0.717) is 39.6 Å². The van der Waals surface area contributed by atoms with Gasteiger partial charge in [0.15, 0.2) is 0 Å². The molecular weight excluding hydrogens is 566 g/mol. The Morgan fingerprint density at radius 2 is 0.889 bits per heavy atom. The van der Waals surface area contributed by atoms with Gasteiger partial charge < -0.3 is 28.8 Å². The Morgan fingerprint density at radius 3 is 1.38 bits per heavy atom. The fourth-order valence-electron chi connectivity index (χ4n) is 5.50. The Labute approximate surface area is 280 Å². The third kappa shape index (κ3) is 38.1. The first-order valence-corrected chi connectivity index (χ1v) is 19.5. The van der Waals surface area contributed by atoms with E-state index in [0.717, 1.165) is 32.5 Å². The second-order valence-corrected chi connectivity index (χ2v) is 12.9. The zero-order chi connectivity index (χ0) is 32.7. The molecule has 7 heteroatoms. The van der Waals surface area contributed by atoms with Crippen molar-refractivity contribution in [1.29, 1.82) is 0 Å². The highest BCUT2D eigenvalue weighted by Gasteiger charge is 2.13. The summed E-state index contributed by atoms with van der Waals surface area (Å²) in [6.45, 7) is 9.30. The van der Waals surface area contributed by atoms with Gasteiger partial charge in [-0.15, -0.1) is 0 Å². The maximum absolute atomic E-state index is 10.2. The van der Waals surface area contributed by atoms with E-state index >= 15 is 0 Å². The number of nitrogens with one attached hydrogen (secondary N) is 1. The Balaban J connectivity index is 4.00. The number of unbranched alkanes of at least 4 members (excludes halogenated alkanes) is 22. The first kappa shape index (κ1) is 44.7. The maximum Gasteiger partial charge on any atom is 0.213 e. The molecule has 0 aromatic carbocycles. The summed E-state index contributed by atoms with van der Waals surface area (Å²) in [5.41, 5.74) is 0. The molecule has 0 saturated carbocycles. The monoisotopic (exact) mass is 646 g/mol. The molecule has 0 bridgehead atoms. The SMILES string of the molecule is CCCCCCCCCCCCCCOCC(COC(O)NCCCOCCOC)OCCCCCCCCCCCCCC. The molecule has 0 aliphatic rings. The van der Waals surface area contributed by atoms with E-state index in [9.17, 15) is 5.11 Å². The normalized spacial score (nSPS) is 13.1. The lowest BCUT2D eigenvalue weighted by atomic mass is 10.1. The molecular formula is C38H79NO6. The van der Waals surface area contributed by atoms with Crippen molar-refractivity contribution in [3.8, 4) is 0 Å². The number of aliphatic hydroxyl groups is 1. The largest absolute Gasteiger partial charge is 0.382 e. The molecule has 0 aliphatic heterocycles. The van der Waals surface area contributed by atoms with E-state index < -0.39 is 6.41 Å². The molecule has 0 spiro atoms. The van der Waals surface area contributed by atoms with Gasteiger partial charge in [0.1, 0.15) is 6.10 Å². The lowest BCUT2D eigenvalue weighted by Crippen LogP contribution is -2.37. The summed E-state index contributed by atoms with van der Waals surface area (Å²) in [5.74, 6) is 0. The summed E-state index contributed by atoms with van der Waals surface area (Å²) >= 11 is 0. The molecule has 0 fully saturated rings. The molecule has 7 nitrogen and oxygen atoms in total. The average Bonchev–Trinajstić information content (AvgIpc) is 3.05. The summed E-state index contributed by atoms with van der Waals surface area (Å²) in [6.07, 6.45) is 31.7. The Hall–Kier alpha value is -0.280. The molecule has 0 radical (unpaired) electrons. The van der Waals surface area contributed by atoms with E-state index in [2.05, 4.69) is 19.2 Å². The lowest BCUT2D eigenvalue weighted by molar-refractivity contribution is -0.156. The smallest absolute Gasteiger partial charge is 0.213 e. The molecule has 2 N–H and O–H groups in total. The second-order valence-electron chi connectivity index (χ2n) is 12.9. The number of methoxy groups -OCH3 is 1. The predicted molar refractivity (Wildman–Crippen MR) is 190 cm³/mol.